The Morgan fingerprint density at radius 2 is 1.95 bits per heavy atom. The van der Waals surface area contributed by atoms with Crippen molar-refractivity contribution in [3.63, 3.8) is 0 Å². The molecular formula is C17H18N2O3. The molecule has 4 rings (SSSR count). The number of amides is 2. The molecule has 3 N–H and O–H groups in total. The molecule has 1 fully saturated rings. The van der Waals surface area contributed by atoms with Gasteiger partial charge in [-0.25, -0.2) is 4.79 Å². The lowest BCUT2D eigenvalue weighted by Crippen LogP contribution is -2.45. The third-order valence-electron chi connectivity index (χ3n) is 4.53. The monoisotopic (exact) mass is 298 g/mol. The zero-order chi connectivity index (χ0) is 15.1. The van der Waals surface area contributed by atoms with Gasteiger partial charge < -0.3 is 20.2 Å². The van der Waals surface area contributed by atoms with Gasteiger partial charge in [0.1, 0.15) is 5.76 Å². The molecule has 2 aromatic rings. The van der Waals surface area contributed by atoms with E-state index in [1.165, 1.54) is 0 Å². The summed E-state index contributed by atoms with van der Waals surface area (Å²) in [5.74, 6) is 1.19. The number of nitrogens with one attached hydrogen (secondary N) is 2. The van der Waals surface area contributed by atoms with Crippen LogP contribution in [0.2, 0.25) is 0 Å². The van der Waals surface area contributed by atoms with E-state index in [9.17, 15) is 9.90 Å². The van der Waals surface area contributed by atoms with E-state index in [2.05, 4.69) is 10.6 Å². The van der Waals surface area contributed by atoms with E-state index in [-0.39, 0.29) is 24.0 Å². The van der Waals surface area contributed by atoms with E-state index >= 15 is 0 Å². The van der Waals surface area contributed by atoms with Crippen LogP contribution in [0.3, 0.4) is 0 Å². The molecule has 0 unspecified atom stereocenters. The number of fused-ring (bicyclic) bond motifs is 1. The fourth-order valence-electron chi connectivity index (χ4n) is 3.25. The van der Waals surface area contributed by atoms with Crippen molar-refractivity contribution < 1.29 is 14.3 Å². The molecule has 0 saturated heterocycles. The third-order valence-corrected chi connectivity index (χ3v) is 4.53. The van der Waals surface area contributed by atoms with E-state index in [0.29, 0.717) is 6.42 Å². The Hall–Kier alpha value is -2.27. The van der Waals surface area contributed by atoms with E-state index in [1.54, 1.807) is 6.26 Å². The van der Waals surface area contributed by atoms with Crippen molar-refractivity contribution in [1.29, 1.82) is 0 Å². The lowest BCUT2D eigenvalue weighted by molar-refractivity contribution is 0.143. The number of aliphatic hydroxyl groups excluding tert-OH is 1. The molecule has 1 heterocycles. The fourth-order valence-corrected chi connectivity index (χ4v) is 3.25. The first-order chi connectivity index (χ1) is 10.7. The second-order valence-electron chi connectivity index (χ2n) is 6.04. The molecule has 0 spiro atoms. The van der Waals surface area contributed by atoms with Gasteiger partial charge in [0.25, 0.3) is 0 Å². The van der Waals surface area contributed by atoms with Crippen LogP contribution in [0.5, 0.6) is 0 Å². The average molecular weight is 298 g/mol. The highest BCUT2D eigenvalue weighted by atomic mass is 16.3. The summed E-state index contributed by atoms with van der Waals surface area (Å²) in [5.41, 5.74) is 2.01. The van der Waals surface area contributed by atoms with Crippen molar-refractivity contribution in [3.05, 3.63) is 59.5 Å². The molecular weight excluding hydrogens is 280 g/mol. The Bertz CT molecular complexity index is 683. The van der Waals surface area contributed by atoms with Gasteiger partial charge in [-0.1, -0.05) is 24.3 Å². The molecule has 0 bridgehead atoms. The summed E-state index contributed by atoms with van der Waals surface area (Å²) in [5, 5.41) is 16.1. The van der Waals surface area contributed by atoms with Crippen LogP contribution in [-0.4, -0.2) is 23.2 Å². The normalized spacial score (nSPS) is 29.0. The van der Waals surface area contributed by atoms with Gasteiger partial charge in [-0.3, -0.25) is 0 Å². The molecule has 0 aliphatic heterocycles. The molecule has 2 amide bonds. The fraction of sp³-hybridized carbons (Fsp3) is 0.353. The SMILES string of the molecule is O=C(N[C@H]1Cc2ccccc2[C@@H]1O)N[C@@H]1C[C@H]1c1ccco1. The summed E-state index contributed by atoms with van der Waals surface area (Å²) in [6.45, 7) is 0. The van der Waals surface area contributed by atoms with E-state index in [4.69, 9.17) is 4.42 Å². The summed E-state index contributed by atoms with van der Waals surface area (Å²) in [6, 6.07) is 11.2. The number of carbonyl (C=O) groups excluding carboxylic acids is 1. The quantitative estimate of drug-likeness (QED) is 0.812. The zero-order valence-corrected chi connectivity index (χ0v) is 12.0. The van der Waals surface area contributed by atoms with Gasteiger partial charge in [0.2, 0.25) is 0 Å². The molecule has 2 aliphatic carbocycles. The maximum atomic E-state index is 12.1. The molecule has 5 nitrogen and oxygen atoms in total. The van der Waals surface area contributed by atoms with Crippen molar-refractivity contribution in [2.24, 2.45) is 0 Å². The topological polar surface area (TPSA) is 74.5 Å². The largest absolute Gasteiger partial charge is 0.469 e. The van der Waals surface area contributed by atoms with Gasteiger partial charge in [0.15, 0.2) is 0 Å². The first-order valence-electron chi connectivity index (χ1n) is 7.58. The summed E-state index contributed by atoms with van der Waals surface area (Å²) in [7, 11) is 0. The number of carbonyl (C=O) groups is 1. The Labute approximate surface area is 128 Å². The van der Waals surface area contributed by atoms with Crippen molar-refractivity contribution in [2.75, 3.05) is 0 Å². The molecule has 0 radical (unpaired) electrons. The van der Waals surface area contributed by atoms with Crippen LogP contribution in [-0.2, 0) is 6.42 Å². The summed E-state index contributed by atoms with van der Waals surface area (Å²) < 4.78 is 5.35. The van der Waals surface area contributed by atoms with Gasteiger partial charge in [-0.15, -0.1) is 0 Å². The summed E-state index contributed by atoms with van der Waals surface area (Å²) in [4.78, 5) is 12.1. The van der Waals surface area contributed by atoms with Crippen LogP contribution in [0.4, 0.5) is 4.79 Å². The van der Waals surface area contributed by atoms with Gasteiger partial charge in [0, 0.05) is 12.0 Å². The average Bonchev–Trinajstić information content (AvgIpc) is 2.95. The highest BCUT2D eigenvalue weighted by Gasteiger charge is 2.42. The minimum atomic E-state index is -0.637. The number of urea groups is 1. The molecule has 1 saturated carbocycles. The maximum Gasteiger partial charge on any atom is 0.315 e. The predicted molar refractivity (Wildman–Crippen MR) is 80.4 cm³/mol. The number of aliphatic hydroxyl groups is 1. The number of benzene rings is 1. The number of rotatable bonds is 3. The highest BCUT2D eigenvalue weighted by molar-refractivity contribution is 5.75. The van der Waals surface area contributed by atoms with Crippen LogP contribution in [0.15, 0.2) is 47.1 Å². The van der Waals surface area contributed by atoms with Crippen LogP contribution in [0, 0.1) is 0 Å². The smallest absolute Gasteiger partial charge is 0.315 e. The lowest BCUT2D eigenvalue weighted by atomic mass is 10.1. The van der Waals surface area contributed by atoms with Gasteiger partial charge in [0.05, 0.1) is 18.4 Å². The Morgan fingerprint density at radius 1 is 1.14 bits per heavy atom. The summed E-state index contributed by atoms with van der Waals surface area (Å²) >= 11 is 0. The maximum absolute atomic E-state index is 12.1. The summed E-state index contributed by atoms with van der Waals surface area (Å²) in [6.07, 6.45) is 2.57. The van der Waals surface area contributed by atoms with Crippen molar-refractivity contribution in [1.82, 2.24) is 10.6 Å². The second kappa shape index (κ2) is 5.18. The number of hydrogen-bond donors (Lipinski definition) is 3. The minimum Gasteiger partial charge on any atom is -0.469 e. The van der Waals surface area contributed by atoms with E-state index < -0.39 is 6.10 Å². The van der Waals surface area contributed by atoms with Crippen LogP contribution < -0.4 is 10.6 Å². The molecule has 114 valence electrons. The van der Waals surface area contributed by atoms with Gasteiger partial charge >= 0.3 is 6.03 Å². The Morgan fingerprint density at radius 3 is 2.73 bits per heavy atom. The first-order valence-corrected chi connectivity index (χ1v) is 7.58. The first kappa shape index (κ1) is 13.4. The molecule has 5 heteroatoms. The highest BCUT2D eigenvalue weighted by Crippen LogP contribution is 2.41. The van der Waals surface area contributed by atoms with Crippen molar-refractivity contribution >= 4 is 6.03 Å². The zero-order valence-electron chi connectivity index (χ0n) is 12.0. The second-order valence-corrected chi connectivity index (χ2v) is 6.04. The van der Waals surface area contributed by atoms with Crippen molar-refractivity contribution in [2.45, 2.75) is 36.9 Å². The number of furan rings is 1. The van der Waals surface area contributed by atoms with Gasteiger partial charge in [-0.05, 0) is 36.1 Å². The molecule has 2 aliphatic rings. The van der Waals surface area contributed by atoms with E-state index in [1.807, 2.05) is 36.4 Å². The minimum absolute atomic E-state index is 0.118. The van der Waals surface area contributed by atoms with Crippen LogP contribution in [0.1, 0.15) is 35.3 Å². The Balaban J connectivity index is 1.33. The third kappa shape index (κ3) is 2.37. The predicted octanol–water partition coefficient (Wildman–Crippen LogP) is 2.09. The number of hydrogen-bond acceptors (Lipinski definition) is 3. The molecule has 4 atom stereocenters. The Kier molecular flexibility index (Phi) is 3.15. The molecule has 1 aromatic carbocycles. The standard InChI is InChI=1S/C17H18N2O3/c20-16-11-5-2-1-4-10(11)8-14(16)19-17(21)18-13-9-12(13)15-6-3-7-22-15/h1-7,12-14,16,20H,8-9H2,(H2,18,19,21)/t12-,13-,14+,16+/m1/s1. The van der Waals surface area contributed by atoms with Crippen LogP contribution in [0.25, 0.3) is 0 Å². The lowest BCUT2D eigenvalue weighted by Gasteiger charge is -2.17. The molecule has 1 aromatic heterocycles. The van der Waals surface area contributed by atoms with E-state index in [0.717, 1.165) is 23.3 Å². The van der Waals surface area contributed by atoms with Crippen LogP contribution >= 0.6 is 0 Å². The van der Waals surface area contributed by atoms with Gasteiger partial charge in [-0.2, -0.15) is 0 Å². The van der Waals surface area contributed by atoms with Crippen molar-refractivity contribution in [3.8, 4) is 0 Å². The molecule has 22 heavy (non-hydrogen) atoms.